The highest BCUT2D eigenvalue weighted by Gasteiger charge is 2.20. The predicted molar refractivity (Wildman–Crippen MR) is 129 cm³/mol. The lowest BCUT2D eigenvalue weighted by Crippen LogP contribution is -2.16. The zero-order chi connectivity index (χ0) is 23.6. The Morgan fingerprint density at radius 3 is 1.79 bits per heavy atom. The summed E-state index contributed by atoms with van der Waals surface area (Å²) in [5.41, 5.74) is 1.09. The van der Waals surface area contributed by atoms with Gasteiger partial charge < -0.3 is 18.9 Å². The van der Waals surface area contributed by atoms with Crippen molar-refractivity contribution in [3.63, 3.8) is 0 Å². The summed E-state index contributed by atoms with van der Waals surface area (Å²) in [6.07, 6.45) is 3.30. The third-order valence-electron chi connectivity index (χ3n) is 5.16. The van der Waals surface area contributed by atoms with E-state index in [2.05, 4.69) is 13.0 Å². The summed E-state index contributed by atoms with van der Waals surface area (Å²) in [6.45, 7) is 6.38. The Kier molecular flexibility index (Phi) is 8.93. The quantitative estimate of drug-likeness (QED) is 0.263. The molecule has 0 N–H and O–H groups in total. The summed E-state index contributed by atoms with van der Waals surface area (Å²) in [5.74, 6) is 0.422. The van der Waals surface area contributed by atoms with Crippen LogP contribution in [0.15, 0.2) is 42.5 Å². The van der Waals surface area contributed by atoms with Crippen molar-refractivity contribution in [1.29, 1.82) is 0 Å². The molecule has 0 heterocycles. The number of carbonyl (C=O) groups is 2. The van der Waals surface area contributed by atoms with Crippen molar-refractivity contribution in [2.24, 2.45) is 0 Å². The van der Waals surface area contributed by atoms with Gasteiger partial charge in [-0.1, -0.05) is 69.7 Å². The molecule has 0 saturated carbocycles. The molecule has 6 heteroatoms. The van der Waals surface area contributed by atoms with Gasteiger partial charge >= 0.3 is 11.9 Å². The van der Waals surface area contributed by atoms with Crippen molar-refractivity contribution in [2.75, 3.05) is 26.4 Å². The molecule has 3 rings (SSSR count). The van der Waals surface area contributed by atoms with Gasteiger partial charge in [-0.15, -0.1) is 0 Å². The Bertz CT molecular complexity index is 1100. The average molecular weight is 453 g/mol. The lowest BCUT2D eigenvalue weighted by Gasteiger charge is -2.19. The van der Waals surface area contributed by atoms with Crippen LogP contribution in [0.1, 0.15) is 45.6 Å². The maximum absolute atomic E-state index is 12.2. The molecule has 0 spiro atoms. The molecule has 0 radical (unpaired) electrons. The highest BCUT2D eigenvalue weighted by Crippen LogP contribution is 2.44. The van der Waals surface area contributed by atoms with Gasteiger partial charge in [0.15, 0.2) is 13.2 Å². The largest absolute Gasteiger partial charge is 0.481 e. The second kappa shape index (κ2) is 12.1. The summed E-state index contributed by atoms with van der Waals surface area (Å²) < 4.78 is 22.5. The van der Waals surface area contributed by atoms with Crippen LogP contribution in [-0.4, -0.2) is 38.4 Å². The molecule has 176 valence electrons. The number of carbonyl (C=O) groups excluding carboxylic acids is 2. The van der Waals surface area contributed by atoms with Crippen LogP contribution in [0.5, 0.6) is 11.5 Å². The minimum Gasteiger partial charge on any atom is -0.481 e. The molecule has 0 amide bonds. The molecule has 3 aromatic rings. The number of rotatable bonds is 12. The van der Waals surface area contributed by atoms with Crippen molar-refractivity contribution >= 4 is 33.5 Å². The van der Waals surface area contributed by atoms with Crippen molar-refractivity contribution < 1.29 is 28.5 Å². The second-order valence-electron chi connectivity index (χ2n) is 7.81. The van der Waals surface area contributed by atoms with Gasteiger partial charge in [-0.05, 0) is 24.8 Å². The molecule has 0 atom stereocenters. The van der Waals surface area contributed by atoms with Crippen molar-refractivity contribution in [3.05, 3.63) is 48.0 Å². The molecule has 0 bridgehead atoms. The minimum atomic E-state index is -0.405. The predicted octanol–water partition coefficient (Wildman–Crippen LogP) is 5.61. The van der Waals surface area contributed by atoms with E-state index in [0.29, 0.717) is 24.7 Å². The van der Waals surface area contributed by atoms with Crippen LogP contribution in [0.25, 0.3) is 21.5 Å². The van der Waals surface area contributed by atoms with Crippen LogP contribution in [0.2, 0.25) is 0 Å². The molecular formula is C27H32O6. The first-order valence-electron chi connectivity index (χ1n) is 11.6. The van der Waals surface area contributed by atoms with Crippen LogP contribution in [-0.2, 0) is 25.5 Å². The lowest BCUT2D eigenvalue weighted by molar-refractivity contribution is -0.146. The van der Waals surface area contributed by atoms with E-state index in [4.69, 9.17) is 18.9 Å². The first-order chi connectivity index (χ1) is 16.1. The van der Waals surface area contributed by atoms with E-state index in [0.717, 1.165) is 52.8 Å². The van der Waals surface area contributed by atoms with E-state index in [-0.39, 0.29) is 13.2 Å². The average Bonchev–Trinajstić information content (AvgIpc) is 2.83. The standard InChI is InChI=1S/C27H32O6/c1-4-10-19-11-9-14-22-25(19)27(33-18-24(29)31-16-6-3)21-13-8-7-12-20(21)26(22)32-17-23(28)30-15-5-2/h7-9,11-14H,4-6,10,15-18H2,1-3H3. The topological polar surface area (TPSA) is 71.1 Å². The monoisotopic (exact) mass is 452 g/mol. The summed E-state index contributed by atoms with van der Waals surface area (Å²) >= 11 is 0. The fourth-order valence-electron chi connectivity index (χ4n) is 3.78. The third kappa shape index (κ3) is 5.95. The van der Waals surface area contributed by atoms with Gasteiger partial charge in [-0.25, -0.2) is 9.59 Å². The first-order valence-corrected chi connectivity index (χ1v) is 11.6. The van der Waals surface area contributed by atoms with Crippen LogP contribution in [0, 0.1) is 0 Å². The summed E-state index contributed by atoms with van der Waals surface area (Å²) in [5, 5.41) is 3.34. The van der Waals surface area contributed by atoms with Crippen LogP contribution < -0.4 is 9.47 Å². The van der Waals surface area contributed by atoms with Crippen LogP contribution in [0.3, 0.4) is 0 Å². The number of fused-ring (bicyclic) bond motifs is 2. The molecule has 0 aromatic heterocycles. The molecule has 0 aliphatic rings. The maximum Gasteiger partial charge on any atom is 0.344 e. The van der Waals surface area contributed by atoms with Gasteiger partial charge in [0, 0.05) is 21.5 Å². The van der Waals surface area contributed by atoms with E-state index in [9.17, 15) is 9.59 Å². The van der Waals surface area contributed by atoms with Crippen LogP contribution in [0.4, 0.5) is 0 Å². The Balaban J connectivity index is 2.10. The number of ether oxygens (including phenoxy) is 4. The Morgan fingerprint density at radius 2 is 1.21 bits per heavy atom. The van der Waals surface area contributed by atoms with E-state index in [1.165, 1.54) is 0 Å². The van der Waals surface area contributed by atoms with Crippen molar-refractivity contribution in [1.82, 2.24) is 0 Å². The molecule has 0 fully saturated rings. The highest BCUT2D eigenvalue weighted by atomic mass is 16.6. The second-order valence-corrected chi connectivity index (χ2v) is 7.81. The Hall–Kier alpha value is -3.28. The van der Waals surface area contributed by atoms with Gasteiger partial charge in [-0.2, -0.15) is 0 Å². The zero-order valence-corrected chi connectivity index (χ0v) is 19.6. The minimum absolute atomic E-state index is 0.177. The molecule has 0 saturated heterocycles. The fourth-order valence-corrected chi connectivity index (χ4v) is 3.78. The van der Waals surface area contributed by atoms with Crippen LogP contribution >= 0.6 is 0 Å². The SMILES string of the molecule is CCCOC(=O)COc1c2ccccc2c(OCC(=O)OCCC)c2c(CCC)cccc12. The lowest BCUT2D eigenvalue weighted by atomic mass is 9.95. The van der Waals surface area contributed by atoms with Gasteiger partial charge in [0.25, 0.3) is 0 Å². The molecule has 0 aliphatic carbocycles. The van der Waals surface area contributed by atoms with Gasteiger partial charge in [0.05, 0.1) is 13.2 Å². The highest BCUT2D eigenvalue weighted by molar-refractivity contribution is 6.12. The number of hydrogen-bond donors (Lipinski definition) is 0. The van der Waals surface area contributed by atoms with Crippen molar-refractivity contribution in [3.8, 4) is 11.5 Å². The third-order valence-corrected chi connectivity index (χ3v) is 5.16. The maximum atomic E-state index is 12.2. The van der Waals surface area contributed by atoms with E-state index < -0.39 is 11.9 Å². The zero-order valence-electron chi connectivity index (χ0n) is 19.6. The van der Waals surface area contributed by atoms with Gasteiger partial charge in [-0.3, -0.25) is 0 Å². The van der Waals surface area contributed by atoms with Gasteiger partial charge in [0.2, 0.25) is 0 Å². The molecule has 0 aliphatic heterocycles. The van der Waals surface area contributed by atoms with Crippen molar-refractivity contribution in [2.45, 2.75) is 46.5 Å². The Morgan fingerprint density at radius 1 is 0.667 bits per heavy atom. The molecule has 6 nitrogen and oxygen atoms in total. The molecule has 3 aromatic carbocycles. The number of aryl methyl sites for hydroxylation is 1. The van der Waals surface area contributed by atoms with Gasteiger partial charge in [0.1, 0.15) is 11.5 Å². The van der Waals surface area contributed by atoms with E-state index >= 15 is 0 Å². The molecule has 33 heavy (non-hydrogen) atoms. The number of hydrogen-bond acceptors (Lipinski definition) is 6. The summed E-state index contributed by atoms with van der Waals surface area (Å²) in [7, 11) is 0. The Labute approximate surface area is 194 Å². The smallest absolute Gasteiger partial charge is 0.344 e. The summed E-state index contributed by atoms with van der Waals surface area (Å²) in [6, 6.07) is 13.7. The van der Waals surface area contributed by atoms with E-state index in [1.807, 2.05) is 50.2 Å². The molecular weight excluding hydrogens is 420 g/mol. The number of benzene rings is 3. The summed E-state index contributed by atoms with van der Waals surface area (Å²) in [4.78, 5) is 24.3. The normalized spacial score (nSPS) is 10.9. The van der Waals surface area contributed by atoms with E-state index in [1.54, 1.807) is 0 Å². The molecule has 0 unspecified atom stereocenters. The number of esters is 2. The fraction of sp³-hybridized carbons (Fsp3) is 0.407. The first kappa shape index (κ1) is 24.4.